The van der Waals surface area contributed by atoms with Gasteiger partial charge >= 0.3 is 6.09 Å². The summed E-state index contributed by atoms with van der Waals surface area (Å²) in [4.78, 5) is 14.2. The van der Waals surface area contributed by atoms with E-state index in [0.29, 0.717) is 24.9 Å². The van der Waals surface area contributed by atoms with E-state index in [9.17, 15) is 13.6 Å². The molecule has 31 heavy (non-hydrogen) atoms. The van der Waals surface area contributed by atoms with Gasteiger partial charge in [-0.15, -0.1) is 16.8 Å². The molecule has 0 spiro atoms. The van der Waals surface area contributed by atoms with Crippen molar-refractivity contribution >= 4 is 6.09 Å². The first kappa shape index (κ1) is 22.9. The third kappa shape index (κ3) is 5.46. The van der Waals surface area contributed by atoms with Crippen molar-refractivity contribution in [3.05, 3.63) is 48.4 Å². The van der Waals surface area contributed by atoms with Crippen LogP contribution in [-0.4, -0.2) is 39.4 Å². The second-order valence-electron chi connectivity index (χ2n) is 8.71. The van der Waals surface area contributed by atoms with E-state index < -0.39 is 30.1 Å². The van der Waals surface area contributed by atoms with Gasteiger partial charge in [0.15, 0.2) is 0 Å². The van der Waals surface area contributed by atoms with Gasteiger partial charge < -0.3 is 14.9 Å². The van der Waals surface area contributed by atoms with Gasteiger partial charge in [0, 0.05) is 30.1 Å². The van der Waals surface area contributed by atoms with E-state index in [0.717, 1.165) is 0 Å². The summed E-state index contributed by atoms with van der Waals surface area (Å²) in [6, 6.07) is 5.03. The van der Waals surface area contributed by atoms with Crippen LogP contribution in [0.25, 0.3) is 11.5 Å². The van der Waals surface area contributed by atoms with Crippen LogP contribution < -0.4 is 5.73 Å². The average molecular weight is 434 g/mol. The SMILES string of the molecule is C=CCC(F)(F)c1ccc(-c2nnc([C@H]3CC[C@H](N)CN3C(=O)OC(C)(C)C)o2)cc1. The lowest BCUT2D eigenvalue weighted by Gasteiger charge is -2.37. The first-order chi connectivity index (χ1) is 14.5. The lowest BCUT2D eigenvalue weighted by atomic mass is 9.99. The van der Waals surface area contributed by atoms with Gasteiger partial charge in [0.2, 0.25) is 11.8 Å². The van der Waals surface area contributed by atoms with Crippen LogP contribution >= 0.6 is 0 Å². The van der Waals surface area contributed by atoms with Crippen LogP contribution in [0.5, 0.6) is 0 Å². The van der Waals surface area contributed by atoms with Gasteiger partial charge in [-0.1, -0.05) is 18.2 Å². The summed E-state index contributed by atoms with van der Waals surface area (Å²) in [6.45, 7) is 9.04. The Balaban J connectivity index is 1.81. The van der Waals surface area contributed by atoms with Crippen molar-refractivity contribution in [3.8, 4) is 11.5 Å². The Hall–Kier alpha value is -2.81. The van der Waals surface area contributed by atoms with Crippen molar-refractivity contribution in [1.82, 2.24) is 15.1 Å². The number of carbonyl (C=O) groups excluding carboxylic acids is 1. The van der Waals surface area contributed by atoms with Crippen LogP contribution in [-0.2, 0) is 10.7 Å². The summed E-state index contributed by atoms with van der Waals surface area (Å²) in [5.41, 5.74) is 5.79. The van der Waals surface area contributed by atoms with Crippen molar-refractivity contribution in [2.24, 2.45) is 5.73 Å². The standard InChI is InChI=1S/C22H28F2N4O3/c1-5-12-22(23,24)15-8-6-14(7-9-15)18-26-27-19(30-18)17-11-10-16(25)13-28(17)20(29)31-21(2,3)4/h5-9,16-17H,1,10-13,25H2,2-4H3/t16-,17+/m0/s1. The number of likely N-dealkylation sites (tertiary alicyclic amines) is 1. The Bertz CT molecular complexity index is 922. The van der Waals surface area contributed by atoms with Crippen molar-refractivity contribution in [2.75, 3.05) is 6.54 Å². The summed E-state index contributed by atoms with van der Waals surface area (Å²) >= 11 is 0. The van der Waals surface area contributed by atoms with Crippen molar-refractivity contribution in [1.29, 1.82) is 0 Å². The molecule has 1 aromatic heterocycles. The molecule has 9 heteroatoms. The number of nitrogens with two attached hydrogens (primary N) is 1. The van der Waals surface area contributed by atoms with E-state index in [1.54, 1.807) is 20.8 Å². The first-order valence-electron chi connectivity index (χ1n) is 10.2. The number of allylic oxidation sites excluding steroid dienone is 1. The van der Waals surface area contributed by atoms with Gasteiger partial charge in [0.05, 0.1) is 0 Å². The van der Waals surface area contributed by atoms with Crippen LogP contribution in [0.4, 0.5) is 13.6 Å². The molecule has 3 rings (SSSR count). The molecular weight excluding hydrogens is 406 g/mol. The topological polar surface area (TPSA) is 94.5 Å². The summed E-state index contributed by atoms with van der Waals surface area (Å²) in [5, 5.41) is 8.15. The van der Waals surface area contributed by atoms with E-state index in [1.807, 2.05) is 0 Å². The van der Waals surface area contributed by atoms with Crippen LogP contribution in [0, 0.1) is 0 Å². The third-order valence-corrected chi connectivity index (χ3v) is 4.93. The highest BCUT2D eigenvalue weighted by Gasteiger charge is 2.37. The zero-order valence-corrected chi connectivity index (χ0v) is 18.0. The maximum Gasteiger partial charge on any atom is 0.411 e. The number of hydrogen-bond acceptors (Lipinski definition) is 6. The monoisotopic (exact) mass is 434 g/mol. The number of amides is 1. The predicted molar refractivity (Wildman–Crippen MR) is 111 cm³/mol. The van der Waals surface area contributed by atoms with E-state index in [1.165, 1.54) is 35.2 Å². The molecule has 0 radical (unpaired) electrons. The lowest BCUT2D eigenvalue weighted by molar-refractivity contribution is -0.000916. The Morgan fingerprint density at radius 1 is 1.29 bits per heavy atom. The molecule has 2 heterocycles. The van der Waals surface area contributed by atoms with E-state index >= 15 is 0 Å². The maximum absolute atomic E-state index is 14.0. The zero-order valence-electron chi connectivity index (χ0n) is 18.0. The molecule has 168 valence electrons. The molecule has 1 amide bonds. The maximum atomic E-state index is 14.0. The minimum Gasteiger partial charge on any atom is -0.444 e. The van der Waals surface area contributed by atoms with Gasteiger partial charge in [-0.3, -0.25) is 4.90 Å². The molecular formula is C22H28F2N4O3. The van der Waals surface area contributed by atoms with Gasteiger partial charge in [-0.05, 0) is 45.7 Å². The number of ether oxygens (including phenoxy) is 1. The number of halogens is 2. The normalized spacial score (nSPS) is 19.9. The number of aromatic nitrogens is 2. The summed E-state index contributed by atoms with van der Waals surface area (Å²) in [6.07, 6.45) is 1.48. The molecule has 0 unspecified atom stereocenters. The molecule has 0 bridgehead atoms. The molecule has 1 saturated heterocycles. The second-order valence-corrected chi connectivity index (χ2v) is 8.71. The van der Waals surface area contributed by atoms with E-state index in [4.69, 9.17) is 14.9 Å². The number of carbonyl (C=O) groups is 1. The van der Waals surface area contributed by atoms with Gasteiger partial charge in [0.25, 0.3) is 5.92 Å². The Kier molecular flexibility index (Phi) is 6.45. The van der Waals surface area contributed by atoms with Gasteiger partial charge in [-0.2, -0.15) is 0 Å². The number of benzene rings is 1. The summed E-state index contributed by atoms with van der Waals surface area (Å²) in [5.74, 6) is -2.55. The molecule has 0 saturated carbocycles. The lowest BCUT2D eigenvalue weighted by Crippen LogP contribution is -2.49. The second kappa shape index (κ2) is 8.74. The predicted octanol–water partition coefficient (Wildman–Crippen LogP) is 4.80. The summed E-state index contributed by atoms with van der Waals surface area (Å²) < 4.78 is 39.4. The number of hydrogen-bond donors (Lipinski definition) is 1. The van der Waals surface area contributed by atoms with Gasteiger partial charge in [0.1, 0.15) is 11.6 Å². The van der Waals surface area contributed by atoms with Crippen molar-refractivity contribution in [3.63, 3.8) is 0 Å². The highest BCUT2D eigenvalue weighted by molar-refractivity contribution is 5.69. The Morgan fingerprint density at radius 2 is 1.97 bits per heavy atom. The van der Waals surface area contributed by atoms with Crippen LogP contribution in [0.3, 0.4) is 0 Å². The molecule has 0 aliphatic carbocycles. The quantitative estimate of drug-likeness (QED) is 0.679. The first-order valence-corrected chi connectivity index (χ1v) is 10.2. The molecule has 7 nitrogen and oxygen atoms in total. The Labute approximate surface area is 180 Å². The van der Waals surface area contributed by atoms with Crippen LogP contribution in [0.2, 0.25) is 0 Å². The minimum atomic E-state index is -2.99. The molecule has 2 atom stereocenters. The third-order valence-electron chi connectivity index (χ3n) is 4.93. The van der Waals surface area contributed by atoms with Crippen molar-refractivity contribution in [2.45, 2.75) is 63.6 Å². The molecule has 1 aromatic carbocycles. The molecule has 1 fully saturated rings. The Morgan fingerprint density at radius 3 is 2.58 bits per heavy atom. The molecule has 1 aliphatic rings. The molecule has 2 aromatic rings. The summed E-state index contributed by atoms with van der Waals surface area (Å²) in [7, 11) is 0. The zero-order chi connectivity index (χ0) is 22.8. The van der Waals surface area contributed by atoms with E-state index in [2.05, 4.69) is 16.8 Å². The number of rotatable bonds is 5. The minimum absolute atomic E-state index is 0.117. The smallest absolute Gasteiger partial charge is 0.411 e. The van der Waals surface area contributed by atoms with E-state index in [-0.39, 0.29) is 23.4 Å². The highest BCUT2D eigenvalue weighted by atomic mass is 19.3. The largest absolute Gasteiger partial charge is 0.444 e. The molecule has 2 N–H and O–H groups in total. The number of nitrogens with zero attached hydrogens (tertiary/aromatic N) is 3. The van der Waals surface area contributed by atoms with Crippen molar-refractivity contribution < 1.29 is 22.7 Å². The highest BCUT2D eigenvalue weighted by Crippen LogP contribution is 2.35. The number of piperidine rings is 1. The fourth-order valence-electron chi connectivity index (χ4n) is 3.42. The van der Waals surface area contributed by atoms with Crippen LogP contribution in [0.1, 0.15) is 57.5 Å². The fourth-order valence-corrected chi connectivity index (χ4v) is 3.42. The average Bonchev–Trinajstić information content (AvgIpc) is 3.16. The van der Waals surface area contributed by atoms with Crippen LogP contribution in [0.15, 0.2) is 41.3 Å². The van der Waals surface area contributed by atoms with Gasteiger partial charge in [-0.25, -0.2) is 13.6 Å². The number of alkyl halides is 2. The molecule has 1 aliphatic heterocycles. The fraction of sp³-hybridized carbons (Fsp3) is 0.500.